The van der Waals surface area contributed by atoms with E-state index < -0.39 is 77.0 Å². The van der Waals surface area contributed by atoms with Crippen LogP contribution in [0.25, 0.3) is 0 Å². The fourth-order valence-corrected chi connectivity index (χ4v) is 9.89. The number of aliphatic hydroxyl groups is 1. The molecular formula is C43H47BrClN3O7. The Morgan fingerprint density at radius 3 is 2.42 bits per heavy atom. The molecule has 3 aliphatic heterocycles. The summed E-state index contributed by atoms with van der Waals surface area (Å²) in [6, 6.07) is 21.2. The average molecular weight is 833 g/mol. The number of fused-ring (bicyclic) bond motifs is 1. The van der Waals surface area contributed by atoms with Crippen molar-refractivity contribution in [2.24, 2.45) is 11.8 Å². The molecular weight excluding hydrogens is 786 g/mol. The molecule has 0 saturated carbocycles. The largest absolute Gasteiger partial charge is 0.455 e. The number of esters is 1. The van der Waals surface area contributed by atoms with E-state index in [0.717, 1.165) is 11.1 Å². The summed E-state index contributed by atoms with van der Waals surface area (Å²) in [6.45, 7) is 10.8. The van der Waals surface area contributed by atoms with Gasteiger partial charge in [-0.3, -0.25) is 19.2 Å². The lowest BCUT2D eigenvalue weighted by molar-refractivity contribution is -0.162. The maximum absolute atomic E-state index is 15.3. The third kappa shape index (κ3) is 7.77. The van der Waals surface area contributed by atoms with Crippen LogP contribution in [0.1, 0.15) is 49.0 Å². The number of nitrogens with one attached hydrogen (secondary N) is 1. The number of hydrogen-bond acceptors (Lipinski definition) is 7. The molecule has 3 heterocycles. The number of amides is 3. The summed E-state index contributed by atoms with van der Waals surface area (Å²) in [6.07, 6.45) is 2.76. The van der Waals surface area contributed by atoms with Gasteiger partial charge in [0.15, 0.2) is 0 Å². The molecule has 1 unspecified atom stereocenters. The first-order valence-corrected chi connectivity index (χ1v) is 19.9. The highest BCUT2D eigenvalue weighted by Crippen LogP contribution is 2.61. The number of rotatable bonds is 16. The van der Waals surface area contributed by atoms with E-state index in [-0.39, 0.29) is 31.7 Å². The van der Waals surface area contributed by atoms with E-state index in [1.165, 1.54) is 9.80 Å². The molecule has 12 heteroatoms. The molecule has 3 fully saturated rings. The van der Waals surface area contributed by atoms with Crippen molar-refractivity contribution < 1.29 is 33.8 Å². The van der Waals surface area contributed by atoms with Crippen molar-refractivity contribution in [3.8, 4) is 0 Å². The molecule has 9 atom stereocenters. The maximum atomic E-state index is 15.3. The van der Waals surface area contributed by atoms with Crippen molar-refractivity contribution in [1.82, 2.24) is 10.2 Å². The van der Waals surface area contributed by atoms with Crippen molar-refractivity contribution in [3.05, 3.63) is 126 Å². The predicted octanol–water partition coefficient (Wildman–Crippen LogP) is 6.27. The maximum Gasteiger partial charge on any atom is 0.313 e. The number of ether oxygens (including phenoxy) is 2. The zero-order chi connectivity index (χ0) is 39.4. The quantitative estimate of drug-likeness (QED) is 0.0991. The topological polar surface area (TPSA) is 125 Å². The zero-order valence-corrected chi connectivity index (χ0v) is 33.3. The molecule has 3 aromatic carbocycles. The minimum absolute atomic E-state index is 0.0764. The van der Waals surface area contributed by atoms with Gasteiger partial charge in [-0.05, 0) is 55.9 Å². The number of halogens is 2. The average Bonchev–Trinajstić information content (AvgIpc) is 3.78. The predicted molar refractivity (Wildman–Crippen MR) is 215 cm³/mol. The summed E-state index contributed by atoms with van der Waals surface area (Å²) >= 11 is 10.5. The first-order chi connectivity index (χ1) is 26.5. The monoisotopic (exact) mass is 831 g/mol. The molecule has 0 radical (unpaired) electrons. The van der Waals surface area contributed by atoms with Gasteiger partial charge in [0, 0.05) is 17.8 Å². The highest BCUT2D eigenvalue weighted by Gasteiger charge is 2.77. The van der Waals surface area contributed by atoms with Crippen LogP contribution in [0.15, 0.2) is 104 Å². The lowest BCUT2D eigenvalue weighted by atomic mass is 9.70. The van der Waals surface area contributed by atoms with Crippen LogP contribution in [0.5, 0.6) is 0 Å². The van der Waals surface area contributed by atoms with E-state index in [2.05, 4.69) is 34.4 Å². The number of hydrogen-bond donors (Lipinski definition) is 2. The normalized spacial score (nSPS) is 25.4. The van der Waals surface area contributed by atoms with Crippen LogP contribution < -0.4 is 10.2 Å². The Morgan fingerprint density at radius 1 is 1.09 bits per heavy atom. The van der Waals surface area contributed by atoms with Crippen molar-refractivity contribution in [3.63, 3.8) is 0 Å². The van der Waals surface area contributed by atoms with E-state index in [9.17, 15) is 14.7 Å². The van der Waals surface area contributed by atoms with Crippen LogP contribution in [-0.4, -0.2) is 81.5 Å². The van der Waals surface area contributed by atoms with Crippen molar-refractivity contribution in [2.45, 2.75) is 80.3 Å². The number of para-hydroxylation sites is 1. The SMILES string of the molecule is C=CCCC(=O)N[C@@H](C)[C@H](OC(=O)[C@H]1[C@@H]2O[C@@]3(CC2Br)[C@@H]1C(=O)N([C@@H](CO)Cc1ccccc1)[C@@H]3C(=O)N(CC=C)c1c(C)cccc1Cl)c1ccccc1. The Labute approximate surface area is 335 Å². The number of carbonyl (C=O) groups excluding carboxylic acids is 4. The summed E-state index contributed by atoms with van der Waals surface area (Å²) in [5.41, 5.74) is 1.27. The number of allylic oxidation sites excluding steroid dienone is 1. The minimum Gasteiger partial charge on any atom is -0.455 e. The number of likely N-dealkylation sites (tertiary alicyclic amines) is 1. The highest BCUT2D eigenvalue weighted by molar-refractivity contribution is 9.09. The number of nitrogens with zero attached hydrogens (tertiary/aromatic N) is 2. The second kappa shape index (κ2) is 17.2. The Balaban J connectivity index is 1.42. The number of alkyl halides is 1. The molecule has 55 heavy (non-hydrogen) atoms. The number of carbonyl (C=O) groups is 4. The van der Waals surface area contributed by atoms with Gasteiger partial charge in [-0.1, -0.05) is 112 Å². The molecule has 3 saturated heterocycles. The molecule has 2 bridgehead atoms. The van der Waals surface area contributed by atoms with Crippen molar-refractivity contribution in [1.29, 1.82) is 0 Å². The van der Waals surface area contributed by atoms with Gasteiger partial charge in [0.25, 0.3) is 5.91 Å². The van der Waals surface area contributed by atoms with E-state index in [0.29, 0.717) is 22.7 Å². The molecule has 0 aliphatic carbocycles. The number of aryl methyl sites for hydroxylation is 1. The van der Waals surface area contributed by atoms with E-state index >= 15 is 9.59 Å². The molecule has 290 valence electrons. The van der Waals surface area contributed by atoms with Gasteiger partial charge in [0.1, 0.15) is 17.7 Å². The molecule has 6 rings (SSSR count). The Morgan fingerprint density at radius 2 is 1.78 bits per heavy atom. The molecule has 3 amide bonds. The molecule has 10 nitrogen and oxygen atoms in total. The summed E-state index contributed by atoms with van der Waals surface area (Å²) in [4.78, 5) is 60.4. The van der Waals surface area contributed by atoms with E-state index in [4.69, 9.17) is 21.1 Å². The minimum atomic E-state index is -1.46. The van der Waals surface area contributed by atoms with Crippen molar-refractivity contribution >= 4 is 56.9 Å². The Kier molecular flexibility index (Phi) is 12.7. The standard InChI is InChI=1S/C43H47BrClN3O7/c1-5-7-21-33(50)46-27(4)37(29-18-12-9-13-19-29)54-42(53)34-35-40(51)48(30(25-49)23-28-16-10-8-11-17-28)39(43(35)24-31(44)38(34)55-43)41(52)47(22-6-2)36-26(3)15-14-20-32(36)45/h5-6,8-20,27,30-31,34-35,37-39,49H,1-2,7,21-25H2,3-4H3,(H,46,50)/t27-,30+,31?,34+,35-,37-,38+,39+,43-/m0/s1. The van der Waals surface area contributed by atoms with Crippen molar-refractivity contribution in [2.75, 3.05) is 18.1 Å². The number of benzene rings is 3. The van der Waals surface area contributed by atoms with Gasteiger partial charge >= 0.3 is 5.97 Å². The third-order valence-electron chi connectivity index (χ3n) is 11.0. The zero-order valence-electron chi connectivity index (χ0n) is 31.0. The van der Waals surface area contributed by atoms with Gasteiger partial charge in [-0.2, -0.15) is 0 Å². The van der Waals surface area contributed by atoms with Crippen LogP contribution in [0.2, 0.25) is 5.02 Å². The van der Waals surface area contributed by atoms with Gasteiger partial charge in [0.2, 0.25) is 11.8 Å². The summed E-state index contributed by atoms with van der Waals surface area (Å²) in [5, 5.41) is 14.3. The van der Waals surface area contributed by atoms with E-state index in [1.54, 1.807) is 31.2 Å². The lowest BCUT2D eigenvalue weighted by Crippen LogP contribution is -2.59. The Bertz CT molecular complexity index is 1890. The summed E-state index contributed by atoms with van der Waals surface area (Å²) in [7, 11) is 0. The van der Waals surface area contributed by atoms with Gasteiger partial charge < -0.3 is 29.7 Å². The molecule has 1 spiro atoms. The summed E-state index contributed by atoms with van der Waals surface area (Å²) < 4.78 is 13.1. The van der Waals surface area contributed by atoms with E-state index in [1.807, 2.05) is 73.7 Å². The second-order valence-corrected chi connectivity index (χ2v) is 16.1. The highest BCUT2D eigenvalue weighted by atomic mass is 79.9. The van der Waals surface area contributed by atoms with Gasteiger partial charge in [0.05, 0.1) is 47.3 Å². The third-order valence-corrected chi connectivity index (χ3v) is 12.1. The molecule has 0 aromatic heterocycles. The smallest absolute Gasteiger partial charge is 0.313 e. The number of anilines is 1. The molecule has 3 aliphatic rings. The number of aliphatic hydroxyl groups excluding tert-OH is 1. The van der Waals surface area contributed by atoms with Gasteiger partial charge in [-0.25, -0.2) is 0 Å². The van der Waals surface area contributed by atoms with Crippen LogP contribution in [0.4, 0.5) is 5.69 Å². The Hall–Kier alpha value is -4.29. The lowest BCUT2D eigenvalue weighted by Gasteiger charge is -2.40. The summed E-state index contributed by atoms with van der Waals surface area (Å²) in [5.74, 6) is -4.06. The van der Waals surface area contributed by atoms with Crippen LogP contribution in [0, 0.1) is 18.8 Å². The van der Waals surface area contributed by atoms with Crippen LogP contribution >= 0.6 is 27.5 Å². The fourth-order valence-electron chi connectivity index (χ4n) is 8.62. The molecule has 2 N–H and O–H groups in total. The molecule has 3 aromatic rings. The fraction of sp³-hybridized carbons (Fsp3) is 0.395. The van der Waals surface area contributed by atoms with Crippen LogP contribution in [-0.2, 0) is 35.1 Å². The van der Waals surface area contributed by atoms with Crippen LogP contribution in [0.3, 0.4) is 0 Å². The van der Waals surface area contributed by atoms with Gasteiger partial charge in [-0.15, -0.1) is 13.2 Å². The first-order valence-electron chi connectivity index (χ1n) is 18.6. The second-order valence-electron chi connectivity index (χ2n) is 14.5. The first kappa shape index (κ1) is 40.4.